The second-order valence-corrected chi connectivity index (χ2v) is 4.29. The van der Waals surface area contributed by atoms with Gasteiger partial charge in [0.25, 0.3) is 0 Å². The van der Waals surface area contributed by atoms with E-state index in [0.717, 1.165) is 0 Å². The van der Waals surface area contributed by atoms with Crippen molar-refractivity contribution in [1.29, 1.82) is 0 Å². The zero-order valence-electron chi connectivity index (χ0n) is 10.6. The molecule has 19 heavy (non-hydrogen) atoms. The van der Waals surface area contributed by atoms with E-state index in [9.17, 15) is 9.59 Å². The normalized spacial score (nSPS) is 16.4. The van der Waals surface area contributed by atoms with Crippen molar-refractivity contribution in [2.45, 2.75) is 0 Å². The number of rotatable bonds is 3. The highest BCUT2D eigenvalue weighted by Crippen LogP contribution is 2.05. The summed E-state index contributed by atoms with van der Waals surface area (Å²) in [5.41, 5.74) is 0. The van der Waals surface area contributed by atoms with Crippen LogP contribution in [0.1, 0.15) is 0 Å². The number of carboxylic acids is 1. The Morgan fingerprint density at radius 1 is 1.37 bits per heavy atom. The van der Waals surface area contributed by atoms with Crippen LogP contribution in [-0.4, -0.2) is 74.4 Å². The summed E-state index contributed by atoms with van der Waals surface area (Å²) in [4.78, 5) is 29.9. The maximum Gasteiger partial charge on any atom is 0.324 e. The number of carbonyl (C=O) groups excluding carboxylic acids is 1. The number of aliphatic carboxylic acids is 1. The van der Waals surface area contributed by atoms with E-state index in [1.54, 1.807) is 16.8 Å². The quantitative estimate of drug-likeness (QED) is 0.732. The first-order valence-electron chi connectivity index (χ1n) is 5.90. The van der Waals surface area contributed by atoms with Gasteiger partial charge in [0.05, 0.1) is 6.54 Å². The van der Waals surface area contributed by atoms with E-state index in [0.29, 0.717) is 32.1 Å². The Kier molecular flexibility index (Phi) is 3.95. The van der Waals surface area contributed by atoms with Crippen LogP contribution >= 0.6 is 0 Å². The molecule has 0 aliphatic carbocycles. The zero-order valence-corrected chi connectivity index (χ0v) is 10.6. The summed E-state index contributed by atoms with van der Waals surface area (Å²) in [5.74, 6) is -0.463. The van der Waals surface area contributed by atoms with E-state index in [4.69, 9.17) is 5.11 Å². The molecule has 9 nitrogen and oxygen atoms in total. The fourth-order valence-electron chi connectivity index (χ4n) is 1.88. The maximum atomic E-state index is 11.9. The van der Waals surface area contributed by atoms with E-state index in [2.05, 4.69) is 15.4 Å². The van der Waals surface area contributed by atoms with Crippen molar-refractivity contribution < 1.29 is 14.7 Å². The molecular weight excluding hydrogens is 252 g/mol. The fraction of sp³-hybridized carbons (Fsp3) is 0.600. The summed E-state index contributed by atoms with van der Waals surface area (Å²) < 4.78 is 1.47. The minimum Gasteiger partial charge on any atom is -0.480 e. The van der Waals surface area contributed by atoms with Gasteiger partial charge in [0.2, 0.25) is 5.95 Å². The first-order chi connectivity index (χ1) is 9.06. The molecule has 0 saturated carbocycles. The summed E-state index contributed by atoms with van der Waals surface area (Å²) in [6.07, 6.45) is 1.36. The second kappa shape index (κ2) is 5.65. The Balaban J connectivity index is 1.83. The molecule has 0 unspecified atom stereocenters. The molecule has 0 atom stereocenters. The van der Waals surface area contributed by atoms with Gasteiger partial charge in [-0.25, -0.2) is 9.48 Å². The van der Waals surface area contributed by atoms with Crippen LogP contribution in [0.15, 0.2) is 6.33 Å². The van der Waals surface area contributed by atoms with Crippen LogP contribution in [-0.2, 0) is 11.8 Å². The third-order valence-electron chi connectivity index (χ3n) is 2.95. The molecule has 1 aliphatic rings. The molecule has 104 valence electrons. The number of nitrogens with one attached hydrogen (secondary N) is 1. The predicted octanol–water partition coefficient (Wildman–Crippen LogP) is -0.951. The number of carbonyl (C=O) groups is 2. The van der Waals surface area contributed by atoms with Crippen molar-refractivity contribution in [3.63, 3.8) is 0 Å². The minimum absolute atomic E-state index is 0.0126. The van der Waals surface area contributed by atoms with Crippen molar-refractivity contribution in [3.05, 3.63) is 6.33 Å². The molecule has 2 N–H and O–H groups in total. The lowest BCUT2D eigenvalue weighted by molar-refractivity contribution is -0.138. The number of hydrogen-bond acceptors (Lipinski definition) is 5. The van der Waals surface area contributed by atoms with Gasteiger partial charge < -0.3 is 10.0 Å². The smallest absolute Gasteiger partial charge is 0.324 e. The van der Waals surface area contributed by atoms with E-state index >= 15 is 0 Å². The Labute approximate surface area is 109 Å². The molecule has 1 aliphatic heterocycles. The first-order valence-corrected chi connectivity index (χ1v) is 5.90. The topological polar surface area (TPSA) is 104 Å². The van der Waals surface area contributed by atoms with E-state index in [1.807, 2.05) is 0 Å². The average molecular weight is 268 g/mol. The van der Waals surface area contributed by atoms with Gasteiger partial charge in [-0.3, -0.25) is 15.0 Å². The van der Waals surface area contributed by atoms with Crippen molar-refractivity contribution in [2.75, 3.05) is 38.0 Å². The molecule has 1 fully saturated rings. The second-order valence-electron chi connectivity index (χ2n) is 4.29. The summed E-state index contributed by atoms with van der Waals surface area (Å²) >= 11 is 0. The lowest BCUT2D eigenvalue weighted by atomic mass is 10.3. The molecule has 0 bridgehead atoms. The van der Waals surface area contributed by atoms with Crippen molar-refractivity contribution in [1.82, 2.24) is 24.6 Å². The predicted molar refractivity (Wildman–Crippen MR) is 65.7 cm³/mol. The maximum absolute atomic E-state index is 11.9. The van der Waals surface area contributed by atoms with Crippen LogP contribution in [0.4, 0.5) is 10.7 Å². The Hall–Kier alpha value is -2.16. The molecule has 1 aromatic heterocycles. The van der Waals surface area contributed by atoms with Crippen LogP contribution in [0.3, 0.4) is 0 Å². The van der Waals surface area contributed by atoms with Crippen LogP contribution < -0.4 is 5.32 Å². The fourth-order valence-corrected chi connectivity index (χ4v) is 1.88. The van der Waals surface area contributed by atoms with Gasteiger partial charge in [-0.2, -0.15) is 10.1 Å². The van der Waals surface area contributed by atoms with Crippen LogP contribution in [0, 0.1) is 0 Å². The third-order valence-corrected chi connectivity index (χ3v) is 2.95. The Morgan fingerprint density at radius 3 is 2.58 bits per heavy atom. The number of nitrogens with zero attached hydrogens (tertiary/aromatic N) is 5. The van der Waals surface area contributed by atoms with Gasteiger partial charge in [-0.15, -0.1) is 0 Å². The van der Waals surface area contributed by atoms with Gasteiger partial charge in [0.15, 0.2) is 0 Å². The summed E-state index contributed by atoms with van der Waals surface area (Å²) in [6.45, 7) is 2.11. The SMILES string of the molecule is Cn1ncnc1NC(=O)N1CCN(CC(=O)O)CC1. The summed E-state index contributed by atoms with van der Waals surface area (Å²) in [5, 5.41) is 15.2. The lowest BCUT2D eigenvalue weighted by Gasteiger charge is -2.33. The summed E-state index contributed by atoms with van der Waals surface area (Å²) in [7, 11) is 1.69. The number of aryl methyl sites for hydroxylation is 1. The van der Waals surface area contributed by atoms with Crippen LogP contribution in [0.2, 0.25) is 0 Å². The zero-order chi connectivity index (χ0) is 13.8. The highest BCUT2D eigenvalue weighted by molar-refractivity contribution is 5.87. The third kappa shape index (κ3) is 3.41. The van der Waals surface area contributed by atoms with Crippen molar-refractivity contribution in [2.24, 2.45) is 7.05 Å². The Morgan fingerprint density at radius 2 is 2.05 bits per heavy atom. The summed E-state index contributed by atoms with van der Waals surface area (Å²) in [6, 6.07) is -0.244. The average Bonchev–Trinajstić information content (AvgIpc) is 2.75. The molecular formula is C10H16N6O3. The highest BCUT2D eigenvalue weighted by Gasteiger charge is 2.22. The first kappa shape index (κ1) is 13.3. The number of amides is 2. The highest BCUT2D eigenvalue weighted by atomic mass is 16.4. The van der Waals surface area contributed by atoms with Gasteiger partial charge in [-0.05, 0) is 0 Å². The largest absolute Gasteiger partial charge is 0.480 e. The van der Waals surface area contributed by atoms with Crippen LogP contribution in [0.5, 0.6) is 0 Å². The van der Waals surface area contributed by atoms with E-state index < -0.39 is 5.97 Å². The number of piperazine rings is 1. The molecule has 2 heterocycles. The molecule has 1 aromatic rings. The van der Waals surface area contributed by atoms with E-state index in [1.165, 1.54) is 11.0 Å². The molecule has 1 saturated heterocycles. The van der Waals surface area contributed by atoms with Crippen molar-refractivity contribution >= 4 is 17.9 Å². The number of carboxylic acid groups (broad SMARTS) is 1. The number of hydrogen-bond donors (Lipinski definition) is 2. The minimum atomic E-state index is -0.850. The molecule has 2 amide bonds. The van der Waals surface area contributed by atoms with Gasteiger partial charge >= 0.3 is 12.0 Å². The lowest BCUT2D eigenvalue weighted by Crippen LogP contribution is -2.51. The number of urea groups is 1. The standard InChI is InChI=1S/C10H16N6O3/c1-14-9(11-7-12-14)13-10(19)16-4-2-15(3-5-16)6-8(17)18/h7H,2-6H2,1H3,(H,17,18)(H,11,12,13,19). The molecule has 0 spiro atoms. The Bertz CT molecular complexity index is 466. The van der Waals surface area contributed by atoms with Crippen molar-refractivity contribution in [3.8, 4) is 0 Å². The van der Waals surface area contributed by atoms with Gasteiger partial charge in [0.1, 0.15) is 6.33 Å². The van der Waals surface area contributed by atoms with Crippen LogP contribution in [0.25, 0.3) is 0 Å². The molecule has 0 radical (unpaired) electrons. The molecule has 2 rings (SSSR count). The molecule has 9 heteroatoms. The van der Waals surface area contributed by atoms with Gasteiger partial charge in [0, 0.05) is 33.2 Å². The monoisotopic (exact) mass is 268 g/mol. The van der Waals surface area contributed by atoms with E-state index in [-0.39, 0.29) is 12.6 Å². The number of aromatic nitrogens is 3. The van der Waals surface area contributed by atoms with Gasteiger partial charge in [-0.1, -0.05) is 0 Å². The molecule has 0 aromatic carbocycles. The number of anilines is 1.